The molecule has 19 heavy (non-hydrogen) atoms. The van der Waals surface area contributed by atoms with Gasteiger partial charge in [-0.25, -0.2) is 8.78 Å². The Balaban J connectivity index is 1.62. The summed E-state index contributed by atoms with van der Waals surface area (Å²) >= 11 is 0. The number of aryl methyl sites for hydroxylation is 1. The van der Waals surface area contributed by atoms with E-state index in [0.29, 0.717) is 17.4 Å². The van der Waals surface area contributed by atoms with Gasteiger partial charge in [0.25, 0.3) is 0 Å². The molecule has 5 atom stereocenters. The van der Waals surface area contributed by atoms with Crippen molar-refractivity contribution in [2.75, 3.05) is 0 Å². The average molecular weight is 264 g/mol. The summed E-state index contributed by atoms with van der Waals surface area (Å²) in [7, 11) is 0. The zero-order valence-electron chi connectivity index (χ0n) is 10.9. The maximum absolute atomic E-state index is 13.9. The lowest BCUT2D eigenvalue weighted by Crippen LogP contribution is -2.10. The fourth-order valence-electron chi connectivity index (χ4n) is 4.91. The van der Waals surface area contributed by atoms with Gasteiger partial charge in [0, 0.05) is 5.56 Å². The molecule has 0 aliphatic heterocycles. The summed E-state index contributed by atoms with van der Waals surface area (Å²) in [4.78, 5) is 0. The van der Waals surface area contributed by atoms with Gasteiger partial charge in [0.1, 0.15) is 11.6 Å². The molecule has 0 aromatic heterocycles. The number of halogens is 2. The number of fused-ring (bicyclic) bond motifs is 5. The summed E-state index contributed by atoms with van der Waals surface area (Å²) < 4.78 is 27.5. The molecule has 1 N–H and O–H groups in total. The fourth-order valence-corrected chi connectivity index (χ4v) is 4.91. The van der Waals surface area contributed by atoms with Crippen LogP contribution >= 0.6 is 0 Å². The van der Waals surface area contributed by atoms with Crippen molar-refractivity contribution in [1.82, 2.24) is 0 Å². The molecule has 5 unspecified atom stereocenters. The molecule has 1 nitrogen and oxygen atoms in total. The summed E-state index contributed by atoms with van der Waals surface area (Å²) in [6, 6.07) is 2.38. The Hall–Kier alpha value is -0.960. The summed E-state index contributed by atoms with van der Waals surface area (Å²) in [6.45, 7) is 1.54. The number of benzene rings is 1. The molecule has 3 aliphatic carbocycles. The average Bonchev–Trinajstić information content (AvgIpc) is 2.81. The maximum Gasteiger partial charge on any atom is 0.129 e. The second-order valence-corrected chi connectivity index (χ2v) is 6.63. The third-order valence-electron chi connectivity index (χ3n) is 5.76. The Morgan fingerprint density at radius 3 is 2.37 bits per heavy atom. The molecule has 1 aromatic rings. The number of rotatable bonds is 2. The first-order valence-corrected chi connectivity index (χ1v) is 7.21. The highest BCUT2D eigenvalue weighted by Gasteiger charge is 2.66. The summed E-state index contributed by atoms with van der Waals surface area (Å²) in [5.41, 5.74) is 0.450. The van der Waals surface area contributed by atoms with E-state index in [2.05, 4.69) is 0 Å². The quantitative estimate of drug-likeness (QED) is 0.865. The topological polar surface area (TPSA) is 20.2 Å². The van der Waals surface area contributed by atoms with Crippen molar-refractivity contribution < 1.29 is 13.9 Å². The normalized spacial score (nSPS) is 40.3. The van der Waals surface area contributed by atoms with Crippen LogP contribution in [0.1, 0.15) is 36.5 Å². The first kappa shape index (κ1) is 11.8. The van der Waals surface area contributed by atoms with Crippen molar-refractivity contribution >= 4 is 0 Å². The van der Waals surface area contributed by atoms with Crippen LogP contribution in [0.4, 0.5) is 8.78 Å². The van der Waals surface area contributed by atoms with Crippen molar-refractivity contribution in [3.63, 3.8) is 0 Å². The molecule has 3 fully saturated rings. The van der Waals surface area contributed by atoms with E-state index in [1.807, 2.05) is 0 Å². The minimum Gasteiger partial charge on any atom is -0.388 e. The Kier molecular flexibility index (Phi) is 2.36. The minimum atomic E-state index is -0.825. The van der Waals surface area contributed by atoms with Crippen LogP contribution in [-0.2, 0) is 0 Å². The second-order valence-electron chi connectivity index (χ2n) is 6.63. The Morgan fingerprint density at radius 1 is 1.11 bits per heavy atom. The number of aliphatic hydroxyl groups excluding tert-OH is 1. The smallest absolute Gasteiger partial charge is 0.129 e. The number of aliphatic hydroxyl groups is 1. The molecule has 0 radical (unpaired) electrons. The largest absolute Gasteiger partial charge is 0.388 e. The molecule has 2 bridgehead atoms. The SMILES string of the molecule is Cc1cc(F)c(C(O)C2C3C4CCC(C4)C32)cc1F. The maximum atomic E-state index is 13.9. The molecular formula is C16H18F2O. The molecule has 4 rings (SSSR count). The van der Waals surface area contributed by atoms with Gasteiger partial charge in [0.15, 0.2) is 0 Å². The number of hydrogen-bond donors (Lipinski definition) is 1. The molecule has 1 aromatic carbocycles. The Labute approximate surface area is 111 Å². The highest BCUT2D eigenvalue weighted by Crippen LogP contribution is 2.72. The third kappa shape index (κ3) is 1.54. The fraction of sp³-hybridized carbons (Fsp3) is 0.625. The molecule has 3 aliphatic rings. The van der Waals surface area contributed by atoms with Gasteiger partial charge in [0.2, 0.25) is 0 Å². The molecule has 0 spiro atoms. The van der Waals surface area contributed by atoms with E-state index in [1.54, 1.807) is 6.92 Å². The van der Waals surface area contributed by atoms with E-state index in [9.17, 15) is 13.9 Å². The molecule has 3 heteroatoms. The standard InChI is InChI=1S/C16H18F2O/c1-7-4-12(18)10(6-11(7)17)16(19)15-13-8-2-3-9(5-8)14(13)15/h4,6,8-9,13-16,19H,2-3,5H2,1H3. The molecule has 102 valence electrons. The third-order valence-corrected chi connectivity index (χ3v) is 5.76. The lowest BCUT2D eigenvalue weighted by atomic mass is 9.94. The van der Waals surface area contributed by atoms with E-state index < -0.39 is 17.7 Å². The van der Waals surface area contributed by atoms with Crippen molar-refractivity contribution in [1.29, 1.82) is 0 Å². The molecule has 0 amide bonds. The van der Waals surface area contributed by atoms with Crippen LogP contribution in [-0.4, -0.2) is 5.11 Å². The van der Waals surface area contributed by atoms with Crippen molar-refractivity contribution in [3.8, 4) is 0 Å². The summed E-state index contributed by atoms with van der Waals surface area (Å²) in [5, 5.41) is 10.4. The van der Waals surface area contributed by atoms with Crippen LogP contribution in [0, 0.1) is 48.1 Å². The van der Waals surface area contributed by atoms with Gasteiger partial charge < -0.3 is 5.11 Å². The van der Waals surface area contributed by atoms with Gasteiger partial charge in [0.05, 0.1) is 6.10 Å². The first-order chi connectivity index (χ1) is 9.08. The summed E-state index contributed by atoms with van der Waals surface area (Å²) in [5.74, 6) is 1.87. The minimum absolute atomic E-state index is 0.155. The predicted molar refractivity (Wildman–Crippen MR) is 67.4 cm³/mol. The van der Waals surface area contributed by atoms with Gasteiger partial charge in [-0.1, -0.05) is 0 Å². The molecule has 0 saturated heterocycles. The van der Waals surface area contributed by atoms with Gasteiger partial charge in [-0.05, 0) is 73.5 Å². The molecular weight excluding hydrogens is 246 g/mol. The summed E-state index contributed by atoms with van der Waals surface area (Å²) in [6.07, 6.45) is 3.00. The Morgan fingerprint density at radius 2 is 1.74 bits per heavy atom. The lowest BCUT2D eigenvalue weighted by molar-refractivity contribution is 0.125. The van der Waals surface area contributed by atoms with Crippen LogP contribution in [0.2, 0.25) is 0 Å². The number of hydrogen-bond acceptors (Lipinski definition) is 1. The Bertz CT molecular complexity index is 526. The van der Waals surface area contributed by atoms with E-state index in [1.165, 1.54) is 31.4 Å². The second kappa shape index (κ2) is 3.78. The van der Waals surface area contributed by atoms with Gasteiger partial charge in [-0.15, -0.1) is 0 Å². The van der Waals surface area contributed by atoms with E-state index in [0.717, 1.165) is 11.8 Å². The van der Waals surface area contributed by atoms with Crippen LogP contribution in [0.3, 0.4) is 0 Å². The van der Waals surface area contributed by atoms with Gasteiger partial charge in [-0.3, -0.25) is 0 Å². The molecule has 3 saturated carbocycles. The van der Waals surface area contributed by atoms with Gasteiger partial charge in [-0.2, -0.15) is 0 Å². The van der Waals surface area contributed by atoms with Crippen LogP contribution in [0.5, 0.6) is 0 Å². The highest BCUT2D eigenvalue weighted by atomic mass is 19.1. The zero-order valence-corrected chi connectivity index (χ0v) is 10.9. The van der Waals surface area contributed by atoms with E-state index >= 15 is 0 Å². The van der Waals surface area contributed by atoms with Crippen molar-refractivity contribution in [2.45, 2.75) is 32.3 Å². The van der Waals surface area contributed by atoms with E-state index in [-0.39, 0.29) is 11.5 Å². The van der Waals surface area contributed by atoms with Crippen molar-refractivity contribution in [2.24, 2.45) is 29.6 Å². The monoisotopic (exact) mass is 264 g/mol. The first-order valence-electron chi connectivity index (χ1n) is 7.21. The highest BCUT2D eigenvalue weighted by molar-refractivity contribution is 5.30. The zero-order chi connectivity index (χ0) is 13.3. The van der Waals surface area contributed by atoms with Gasteiger partial charge >= 0.3 is 0 Å². The lowest BCUT2D eigenvalue weighted by Gasteiger charge is -2.16. The van der Waals surface area contributed by atoms with Crippen molar-refractivity contribution in [3.05, 3.63) is 34.9 Å². The van der Waals surface area contributed by atoms with Crippen LogP contribution in [0.15, 0.2) is 12.1 Å². The predicted octanol–water partition coefficient (Wildman–Crippen LogP) is 3.60. The van der Waals surface area contributed by atoms with Crippen LogP contribution < -0.4 is 0 Å². The van der Waals surface area contributed by atoms with E-state index in [4.69, 9.17) is 0 Å². The van der Waals surface area contributed by atoms with Crippen LogP contribution in [0.25, 0.3) is 0 Å². The molecule has 0 heterocycles.